The van der Waals surface area contributed by atoms with Gasteiger partial charge in [-0.05, 0) is 78.7 Å². The molecular weight excluding hydrogens is 304 g/mol. The van der Waals surface area contributed by atoms with E-state index in [0.717, 1.165) is 43.3 Å². The van der Waals surface area contributed by atoms with Gasteiger partial charge in [0.2, 0.25) is 0 Å². The van der Waals surface area contributed by atoms with Crippen molar-refractivity contribution < 1.29 is 4.74 Å². The van der Waals surface area contributed by atoms with E-state index in [1.807, 2.05) is 0 Å². The van der Waals surface area contributed by atoms with Gasteiger partial charge in [-0.25, -0.2) is 0 Å². The minimum Gasteiger partial charge on any atom is -0.377 e. The van der Waals surface area contributed by atoms with Crippen LogP contribution in [0.5, 0.6) is 0 Å². The van der Waals surface area contributed by atoms with Crippen LogP contribution in [-0.4, -0.2) is 13.2 Å². The normalized spacial score (nSPS) is 38.3. The van der Waals surface area contributed by atoms with Crippen molar-refractivity contribution in [2.24, 2.45) is 23.2 Å². The Hall–Kier alpha value is -1.08. The van der Waals surface area contributed by atoms with E-state index in [0.29, 0.717) is 5.41 Å². The van der Waals surface area contributed by atoms with Crippen LogP contribution in [0.1, 0.15) is 69.9 Å². The first-order valence-corrected chi connectivity index (χ1v) is 10.5. The van der Waals surface area contributed by atoms with Crippen molar-refractivity contribution in [3.05, 3.63) is 47.0 Å². The van der Waals surface area contributed by atoms with E-state index in [2.05, 4.69) is 51.1 Å². The fourth-order valence-electron chi connectivity index (χ4n) is 6.49. The van der Waals surface area contributed by atoms with E-state index in [1.54, 1.807) is 16.7 Å². The summed E-state index contributed by atoms with van der Waals surface area (Å²) in [6.45, 7) is 8.98. The lowest BCUT2D eigenvalue weighted by atomic mass is 9.52. The van der Waals surface area contributed by atoms with Crippen LogP contribution in [0.15, 0.2) is 35.9 Å². The zero-order valence-corrected chi connectivity index (χ0v) is 16.3. The van der Waals surface area contributed by atoms with Gasteiger partial charge in [0.25, 0.3) is 0 Å². The smallest absolute Gasteiger partial charge is 0.0650 e. The Morgan fingerprint density at radius 3 is 2.92 bits per heavy atom. The highest BCUT2D eigenvalue weighted by atomic mass is 16.5. The van der Waals surface area contributed by atoms with Gasteiger partial charge in [0.15, 0.2) is 0 Å². The molecule has 0 aromatic heterocycles. The molecule has 2 saturated carbocycles. The number of ether oxygens (including phenoxy) is 1. The summed E-state index contributed by atoms with van der Waals surface area (Å²) in [5, 5.41) is 0. The van der Waals surface area contributed by atoms with Crippen LogP contribution < -0.4 is 0 Å². The SMILES string of the molecule is CCCOC/C=C1\CCC2C3C(C)Cc4ccccc4C3CC[C@]12C. The number of allylic oxidation sites excluding steroid dienone is 1. The molecule has 136 valence electrons. The predicted molar refractivity (Wildman–Crippen MR) is 105 cm³/mol. The second-order valence-electron chi connectivity index (χ2n) is 8.97. The van der Waals surface area contributed by atoms with E-state index >= 15 is 0 Å². The van der Waals surface area contributed by atoms with E-state index < -0.39 is 0 Å². The van der Waals surface area contributed by atoms with Gasteiger partial charge in [-0.15, -0.1) is 0 Å². The van der Waals surface area contributed by atoms with Crippen molar-refractivity contribution in [2.75, 3.05) is 13.2 Å². The van der Waals surface area contributed by atoms with Gasteiger partial charge < -0.3 is 4.74 Å². The minimum atomic E-state index is 0.428. The van der Waals surface area contributed by atoms with Crippen LogP contribution in [0.4, 0.5) is 0 Å². The molecule has 4 rings (SSSR count). The molecule has 0 radical (unpaired) electrons. The second kappa shape index (κ2) is 6.91. The fraction of sp³-hybridized carbons (Fsp3) is 0.667. The van der Waals surface area contributed by atoms with Gasteiger partial charge in [0, 0.05) is 6.61 Å². The first kappa shape index (κ1) is 17.3. The highest BCUT2D eigenvalue weighted by molar-refractivity contribution is 5.37. The van der Waals surface area contributed by atoms with Crippen LogP contribution in [-0.2, 0) is 11.2 Å². The van der Waals surface area contributed by atoms with Gasteiger partial charge in [0.1, 0.15) is 0 Å². The van der Waals surface area contributed by atoms with Crippen LogP contribution in [0, 0.1) is 23.2 Å². The van der Waals surface area contributed by atoms with Crippen molar-refractivity contribution in [3.63, 3.8) is 0 Å². The standard InChI is InChI=1S/C24H34O/c1-4-14-25-15-12-19-9-10-22-23-17(2)16-18-7-5-6-8-20(18)21(23)11-13-24(19,22)3/h5-8,12,17,21-23H,4,9-11,13-16H2,1-3H3/b19-12+/t17?,21?,22?,23?,24-/m1/s1. The van der Waals surface area contributed by atoms with Crippen LogP contribution in [0.2, 0.25) is 0 Å². The summed E-state index contributed by atoms with van der Waals surface area (Å²) < 4.78 is 5.77. The molecule has 0 N–H and O–H groups in total. The number of rotatable bonds is 4. The largest absolute Gasteiger partial charge is 0.377 e. The lowest BCUT2D eigenvalue weighted by Gasteiger charge is -2.52. The molecule has 5 atom stereocenters. The molecule has 1 nitrogen and oxygen atoms in total. The summed E-state index contributed by atoms with van der Waals surface area (Å²) in [5.41, 5.74) is 5.44. The maximum atomic E-state index is 5.77. The van der Waals surface area contributed by atoms with E-state index in [1.165, 1.54) is 32.1 Å². The van der Waals surface area contributed by atoms with Gasteiger partial charge in [-0.1, -0.05) is 56.7 Å². The number of benzene rings is 1. The molecule has 0 amide bonds. The Kier molecular flexibility index (Phi) is 4.79. The number of fused-ring (bicyclic) bond motifs is 5. The first-order chi connectivity index (χ1) is 12.1. The molecule has 1 aromatic carbocycles. The molecule has 0 saturated heterocycles. The average Bonchev–Trinajstić information content (AvgIpc) is 2.95. The van der Waals surface area contributed by atoms with Crippen molar-refractivity contribution in [1.82, 2.24) is 0 Å². The summed E-state index contributed by atoms with van der Waals surface area (Å²) in [6, 6.07) is 9.28. The Morgan fingerprint density at radius 2 is 2.08 bits per heavy atom. The van der Waals surface area contributed by atoms with Crippen LogP contribution >= 0.6 is 0 Å². The first-order valence-electron chi connectivity index (χ1n) is 10.5. The molecule has 0 aliphatic heterocycles. The zero-order valence-electron chi connectivity index (χ0n) is 16.3. The zero-order chi connectivity index (χ0) is 17.4. The molecule has 0 heterocycles. The van der Waals surface area contributed by atoms with Crippen molar-refractivity contribution >= 4 is 0 Å². The Balaban J connectivity index is 1.59. The molecular formula is C24H34O. The Labute approximate surface area is 153 Å². The second-order valence-corrected chi connectivity index (χ2v) is 8.97. The van der Waals surface area contributed by atoms with E-state index in [9.17, 15) is 0 Å². The minimum absolute atomic E-state index is 0.428. The lowest BCUT2D eigenvalue weighted by Crippen LogP contribution is -2.43. The van der Waals surface area contributed by atoms with E-state index in [4.69, 9.17) is 4.74 Å². The number of hydrogen-bond acceptors (Lipinski definition) is 1. The molecule has 3 aliphatic rings. The van der Waals surface area contributed by atoms with Crippen molar-refractivity contribution in [1.29, 1.82) is 0 Å². The molecule has 2 fully saturated rings. The molecule has 0 spiro atoms. The van der Waals surface area contributed by atoms with Crippen LogP contribution in [0.3, 0.4) is 0 Å². The van der Waals surface area contributed by atoms with Crippen molar-refractivity contribution in [2.45, 2.75) is 65.2 Å². The highest BCUT2D eigenvalue weighted by Gasteiger charge is 2.53. The quantitative estimate of drug-likeness (QED) is 0.473. The van der Waals surface area contributed by atoms with Crippen molar-refractivity contribution in [3.8, 4) is 0 Å². The molecule has 1 heteroatoms. The Morgan fingerprint density at radius 1 is 1.24 bits per heavy atom. The third kappa shape index (κ3) is 2.89. The highest BCUT2D eigenvalue weighted by Crippen LogP contribution is 2.63. The fourth-order valence-corrected chi connectivity index (χ4v) is 6.49. The molecule has 3 aliphatic carbocycles. The number of hydrogen-bond donors (Lipinski definition) is 0. The monoisotopic (exact) mass is 338 g/mol. The summed E-state index contributed by atoms with van der Waals surface area (Å²) in [6.07, 6.45) is 10.3. The van der Waals surface area contributed by atoms with Gasteiger partial charge in [-0.2, -0.15) is 0 Å². The summed E-state index contributed by atoms with van der Waals surface area (Å²) in [7, 11) is 0. The molecule has 0 bridgehead atoms. The average molecular weight is 339 g/mol. The molecule has 25 heavy (non-hydrogen) atoms. The maximum absolute atomic E-state index is 5.77. The Bertz CT molecular complexity index is 645. The maximum Gasteiger partial charge on any atom is 0.0650 e. The topological polar surface area (TPSA) is 9.23 Å². The van der Waals surface area contributed by atoms with Gasteiger partial charge in [-0.3, -0.25) is 0 Å². The third-order valence-corrected chi connectivity index (χ3v) is 7.63. The lowest BCUT2D eigenvalue weighted by molar-refractivity contribution is 0.0485. The molecule has 1 aromatic rings. The summed E-state index contributed by atoms with van der Waals surface area (Å²) >= 11 is 0. The predicted octanol–water partition coefficient (Wildman–Crippen LogP) is 6.14. The molecule has 4 unspecified atom stereocenters. The van der Waals surface area contributed by atoms with Gasteiger partial charge in [0.05, 0.1) is 6.61 Å². The summed E-state index contributed by atoms with van der Waals surface area (Å²) in [5.74, 6) is 3.36. The van der Waals surface area contributed by atoms with Crippen LogP contribution in [0.25, 0.3) is 0 Å². The van der Waals surface area contributed by atoms with Gasteiger partial charge >= 0.3 is 0 Å². The third-order valence-electron chi connectivity index (χ3n) is 7.63. The van der Waals surface area contributed by atoms with E-state index in [-0.39, 0.29) is 0 Å². The summed E-state index contributed by atoms with van der Waals surface area (Å²) in [4.78, 5) is 0.